The molecule has 2 aromatic rings. The summed E-state index contributed by atoms with van der Waals surface area (Å²) in [5.74, 6) is -0.414. The first-order valence-electron chi connectivity index (χ1n) is 5.26. The minimum absolute atomic E-state index is 0.414. The molecule has 0 saturated heterocycles. The highest BCUT2D eigenvalue weighted by atomic mass is 35.5. The lowest BCUT2D eigenvalue weighted by atomic mass is 10.0. The monoisotopic (exact) mass is 280 g/mol. The lowest BCUT2D eigenvalue weighted by Gasteiger charge is -2.08. The summed E-state index contributed by atoms with van der Waals surface area (Å²) in [7, 11) is 1.33. The molecule has 92 valence electrons. The number of benzene rings is 2. The molecule has 2 rings (SSSR count). The predicted molar refractivity (Wildman–Crippen MR) is 73.2 cm³/mol. The molecule has 0 aromatic heterocycles. The van der Waals surface area contributed by atoms with Crippen LogP contribution >= 0.6 is 23.2 Å². The van der Waals surface area contributed by atoms with Gasteiger partial charge in [-0.2, -0.15) is 0 Å². The highest BCUT2D eigenvalue weighted by Gasteiger charge is 2.11. The molecular weight excluding hydrogens is 271 g/mol. The van der Waals surface area contributed by atoms with E-state index in [0.29, 0.717) is 15.6 Å². The van der Waals surface area contributed by atoms with E-state index in [1.54, 1.807) is 24.3 Å². The van der Waals surface area contributed by atoms with Crippen molar-refractivity contribution in [2.24, 2.45) is 0 Å². The molecule has 0 amide bonds. The molecule has 2 aromatic carbocycles. The second kappa shape index (κ2) is 5.42. The molecule has 2 nitrogen and oxygen atoms in total. The lowest BCUT2D eigenvalue weighted by molar-refractivity contribution is 0.0601. The SMILES string of the molecule is COC(=O)c1ccc(-c2ccccc2Cl)c(Cl)c1. The number of methoxy groups -OCH3 is 1. The van der Waals surface area contributed by atoms with Crippen LogP contribution in [0.4, 0.5) is 0 Å². The van der Waals surface area contributed by atoms with Crippen LogP contribution in [0.25, 0.3) is 11.1 Å². The van der Waals surface area contributed by atoms with Crippen LogP contribution in [0.15, 0.2) is 42.5 Å². The number of hydrogen-bond donors (Lipinski definition) is 0. The van der Waals surface area contributed by atoms with Gasteiger partial charge >= 0.3 is 5.97 Å². The van der Waals surface area contributed by atoms with Gasteiger partial charge in [-0.15, -0.1) is 0 Å². The van der Waals surface area contributed by atoms with Gasteiger partial charge in [0.2, 0.25) is 0 Å². The van der Waals surface area contributed by atoms with Gasteiger partial charge in [0.1, 0.15) is 0 Å². The number of halogens is 2. The third-order valence-corrected chi connectivity index (χ3v) is 3.20. The smallest absolute Gasteiger partial charge is 0.337 e. The largest absolute Gasteiger partial charge is 0.465 e. The first kappa shape index (κ1) is 12.9. The third kappa shape index (κ3) is 2.50. The van der Waals surface area contributed by atoms with E-state index in [4.69, 9.17) is 23.2 Å². The summed E-state index contributed by atoms with van der Waals surface area (Å²) in [6.07, 6.45) is 0. The Balaban J connectivity index is 2.49. The van der Waals surface area contributed by atoms with Gasteiger partial charge < -0.3 is 4.74 Å². The zero-order chi connectivity index (χ0) is 13.1. The molecule has 0 radical (unpaired) electrons. The molecule has 0 unspecified atom stereocenters. The lowest BCUT2D eigenvalue weighted by Crippen LogP contribution is -2.00. The normalized spacial score (nSPS) is 10.2. The molecule has 0 aliphatic carbocycles. The first-order valence-corrected chi connectivity index (χ1v) is 6.02. The van der Waals surface area contributed by atoms with Gasteiger partial charge in [0.25, 0.3) is 0 Å². The van der Waals surface area contributed by atoms with Gasteiger partial charge in [-0.05, 0) is 18.2 Å². The van der Waals surface area contributed by atoms with Crippen LogP contribution in [0.3, 0.4) is 0 Å². The Hall–Kier alpha value is -1.51. The van der Waals surface area contributed by atoms with Crippen LogP contribution in [0, 0.1) is 0 Å². The molecule has 0 spiro atoms. The fraction of sp³-hybridized carbons (Fsp3) is 0.0714. The molecule has 0 fully saturated rings. The molecule has 0 bridgehead atoms. The van der Waals surface area contributed by atoms with E-state index < -0.39 is 5.97 Å². The van der Waals surface area contributed by atoms with E-state index in [0.717, 1.165) is 11.1 Å². The van der Waals surface area contributed by atoms with Gasteiger partial charge in [0.05, 0.1) is 12.7 Å². The average Bonchev–Trinajstić information content (AvgIpc) is 2.39. The average molecular weight is 281 g/mol. The second-order valence-corrected chi connectivity index (χ2v) is 4.48. The van der Waals surface area contributed by atoms with Gasteiger partial charge in [0, 0.05) is 21.2 Å². The summed E-state index contributed by atoms with van der Waals surface area (Å²) in [6, 6.07) is 12.4. The Labute approximate surface area is 115 Å². The van der Waals surface area contributed by atoms with Crippen molar-refractivity contribution in [1.29, 1.82) is 0 Å². The van der Waals surface area contributed by atoms with Crippen LogP contribution in [-0.2, 0) is 4.74 Å². The molecule has 0 aliphatic heterocycles. The summed E-state index contributed by atoms with van der Waals surface area (Å²) in [5.41, 5.74) is 2.04. The maximum atomic E-state index is 11.4. The van der Waals surface area contributed by atoms with E-state index in [2.05, 4.69) is 4.74 Å². The van der Waals surface area contributed by atoms with Gasteiger partial charge in [-0.1, -0.05) is 47.5 Å². The number of carbonyl (C=O) groups excluding carboxylic acids is 1. The Bertz CT molecular complexity index is 594. The minimum atomic E-state index is -0.414. The van der Waals surface area contributed by atoms with E-state index in [1.807, 2.05) is 18.2 Å². The summed E-state index contributed by atoms with van der Waals surface area (Å²) in [4.78, 5) is 11.4. The summed E-state index contributed by atoms with van der Waals surface area (Å²) < 4.78 is 4.64. The van der Waals surface area contributed by atoms with Gasteiger partial charge in [-0.25, -0.2) is 4.79 Å². The number of carbonyl (C=O) groups is 1. The van der Waals surface area contributed by atoms with Crippen LogP contribution in [0.5, 0.6) is 0 Å². The number of hydrogen-bond acceptors (Lipinski definition) is 2. The third-order valence-electron chi connectivity index (χ3n) is 2.55. The highest BCUT2D eigenvalue weighted by molar-refractivity contribution is 6.36. The zero-order valence-corrected chi connectivity index (χ0v) is 11.1. The van der Waals surface area contributed by atoms with E-state index >= 15 is 0 Å². The van der Waals surface area contributed by atoms with E-state index in [1.165, 1.54) is 7.11 Å². The van der Waals surface area contributed by atoms with Crippen molar-refractivity contribution in [2.45, 2.75) is 0 Å². The van der Waals surface area contributed by atoms with E-state index in [9.17, 15) is 4.79 Å². The molecule has 0 aliphatic rings. The summed E-state index contributed by atoms with van der Waals surface area (Å²) in [6.45, 7) is 0. The predicted octanol–water partition coefficient (Wildman–Crippen LogP) is 4.45. The fourth-order valence-electron chi connectivity index (χ4n) is 1.66. The molecular formula is C14H10Cl2O2. The molecule has 0 heterocycles. The fourth-order valence-corrected chi connectivity index (χ4v) is 2.18. The Morgan fingerprint density at radius 2 is 1.67 bits per heavy atom. The second-order valence-electron chi connectivity index (χ2n) is 3.67. The van der Waals surface area contributed by atoms with Crippen molar-refractivity contribution in [3.8, 4) is 11.1 Å². The summed E-state index contributed by atoms with van der Waals surface area (Å²) >= 11 is 12.3. The van der Waals surface area contributed by atoms with Crippen LogP contribution in [-0.4, -0.2) is 13.1 Å². The highest BCUT2D eigenvalue weighted by Crippen LogP contribution is 2.33. The van der Waals surface area contributed by atoms with Crippen LogP contribution in [0.2, 0.25) is 10.0 Å². The number of ether oxygens (including phenoxy) is 1. The van der Waals surface area contributed by atoms with Crippen LogP contribution < -0.4 is 0 Å². The zero-order valence-electron chi connectivity index (χ0n) is 9.61. The Morgan fingerprint density at radius 1 is 1.00 bits per heavy atom. The Kier molecular flexibility index (Phi) is 3.90. The molecule has 0 saturated carbocycles. The van der Waals surface area contributed by atoms with Crippen molar-refractivity contribution in [2.75, 3.05) is 7.11 Å². The van der Waals surface area contributed by atoms with Gasteiger partial charge in [-0.3, -0.25) is 0 Å². The molecule has 0 atom stereocenters. The maximum absolute atomic E-state index is 11.4. The van der Waals surface area contributed by atoms with Crippen molar-refractivity contribution >= 4 is 29.2 Å². The van der Waals surface area contributed by atoms with Crippen LogP contribution in [0.1, 0.15) is 10.4 Å². The Morgan fingerprint density at radius 3 is 2.28 bits per heavy atom. The van der Waals surface area contributed by atoms with Gasteiger partial charge in [0.15, 0.2) is 0 Å². The van der Waals surface area contributed by atoms with Crippen molar-refractivity contribution in [3.63, 3.8) is 0 Å². The molecule has 4 heteroatoms. The summed E-state index contributed by atoms with van der Waals surface area (Å²) in [5, 5.41) is 1.08. The first-order chi connectivity index (χ1) is 8.63. The number of rotatable bonds is 2. The minimum Gasteiger partial charge on any atom is -0.465 e. The topological polar surface area (TPSA) is 26.3 Å². The standard InChI is InChI=1S/C14H10Cl2O2/c1-18-14(17)9-6-7-11(13(16)8-9)10-4-2-3-5-12(10)15/h2-8H,1H3. The van der Waals surface area contributed by atoms with Crippen molar-refractivity contribution in [1.82, 2.24) is 0 Å². The molecule has 18 heavy (non-hydrogen) atoms. The van der Waals surface area contributed by atoms with Crippen molar-refractivity contribution < 1.29 is 9.53 Å². The maximum Gasteiger partial charge on any atom is 0.337 e. The van der Waals surface area contributed by atoms with Crippen molar-refractivity contribution in [3.05, 3.63) is 58.1 Å². The number of esters is 1. The van der Waals surface area contributed by atoms with E-state index in [-0.39, 0.29) is 0 Å². The molecule has 0 N–H and O–H groups in total. The quantitative estimate of drug-likeness (QED) is 0.760.